The average Bonchev–Trinajstić information content (AvgIpc) is 2.89. The molecule has 0 saturated carbocycles. The highest BCUT2D eigenvalue weighted by molar-refractivity contribution is 7.89. The maximum absolute atomic E-state index is 12.3. The van der Waals surface area contributed by atoms with Gasteiger partial charge in [0, 0.05) is 25.3 Å². The highest BCUT2D eigenvalue weighted by Crippen LogP contribution is 2.25. The second kappa shape index (κ2) is 6.45. The summed E-state index contributed by atoms with van der Waals surface area (Å²) in [5.41, 5.74) is 1.19. The van der Waals surface area contributed by atoms with Crippen LogP contribution in [0.2, 0.25) is 0 Å². The summed E-state index contributed by atoms with van der Waals surface area (Å²) in [6.07, 6.45) is 4.49. The Kier molecular flexibility index (Phi) is 4.54. The van der Waals surface area contributed by atoms with Crippen molar-refractivity contribution in [3.8, 4) is 0 Å². The number of sulfonamides is 1. The Hall–Kier alpha value is -1.67. The van der Waals surface area contributed by atoms with E-state index in [0.29, 0.717) is 38.0 Å². The van der Waals surface area contributed by atoms with Gasteiger partial charge in [0.1, 0.15) is 0 Å². The number of nitrogens with one attached hydrogen (secondary N) is 1. The van der Waals surface area contributed by atoms with E-state index in [2.05, 4.69) is 9.97 Å². The first-order valence-corrected chi connectivity index (χ1v) is 9.67. The fourth-order valence-corrected chi connectivity index (χ4v) is 4.81. The number of fused-ring (bicyclic) bond motifs is 1. The predicted molar refractivity (Wildman–Crippen MR) is 88.9 cm³/mol. The van der Waals surface area contributed by atoms with Gasteiger partial charge in [-0.15, -0.1) is 0 Å². The Balaban J connectivity index is 1.76. The Morgan fingerprint density at radius 1 is 1.35 bits per heavy atom. The summed E-state index contributed by atoms with van der Waals surface area (Å²) in [6.45, 7) is 2.91. The van der Waals surface area contributed by atoms with Crippen LogP contribution in [-0.4, -0.2) is 46.1 Å². The van der Waals surface area contributed by atoms with E-state index in [9.17, 15) is 13.2 Å². The molecule has 126 valence electrons. The van der Waals surface area contributed by atoms with Crippen molar-refractivity contribution in [1.82, 2.24) is 18.8 Å². The van der Waals surface area contributed by atoms with Crippen molar-refractivity contribution in [3.63, 3.8) is 0 Å². The number of piperidine rings is 1. The van der Waals surface area contributed by atoms with Gasteiger partial charge in [0.05, 0.1) is 11.3 Å². The Morgan fingerprint density at radius 3 is 2.78 bits per heavy atom. The molecule has 1 aliphatic rings. The molecule has 1 N–H and O–H groups in total. The minimum atomic E-state index is -3.17. The van der Waals surface area contributed by atoms with Crippen molar-refractivity contribution < 1.29 is 8.42 Å². The van der Waals surface area contributed by atoms with Gasteiger partial charge in [-0.2, -0.15) is 0 Å². The lowest BCUT2D eigenvalue weighted by Crippen LogP contribution is -2.41. The summed E-state index contributed by atoms with van der Waals surface area (Å²) in [5.74, 6) is 0.211. The van der Waals surface area contributed by atoms with Gasteiger partial charge in [-0.1, -0.05) is 13.3 Å². The molecule has 23 heavy (non-hydrogen) atoms. The van der Waals surface area contributed by atoms with Gasteiger partial charge < -0.3 is 4.98 Å². The van der Waals surface area contributed by atoms with Crippen LogP contribution in [0.15, 0.2) is 23.1 Å². The fraction of sp³-hybridized carbons (Fsp3) is 0.600. The molecule has 7 nitrogen and oxygen atoms in total. The lowest BCUT2D eigenvalue weighted by Gasteiger charge is -2.31. The third-order valence-corrected chi connectivity index (χ3v) is 6.37. The molecule has 1 aliphatic heterocycles. The van der Waals surface area contributed by atoms with Crippen molar-refractivity contribution in [1.29, 1.82) is 0 Å². The molecular formula is C15H22N4O3S. The maximum Gasteiger partial charge on any atom is 0.327 e. The molecule has 0 amide bonds. The summed E-state index contributed by atoms with van der Waals surface area (Å²) in [6, 6.07) is 3.60. The van der Waals surface area contributed by atoms with Gasteiger partial charge in [-0.3, -0.25) is 4.57 Å². The number of imidazole rings is 1. The number of rotatable bonds is 5. The zero-order chi connectivity index (χ0) is 16.4. The third kappa shape index (κ3) is 3.18. The second-order valence-electron chi connectivity index (χ2n) is 5.97. The topological polar surface area (TPSA) is 88.1 Å². The van der Waals surface area contributed by atoms with Crippen LogP contribution in [0, 0.1) is 0 Å². The highest BCUT2D eigenvalue weighted by atomic mass is 32.2. The van der Waals surface area contributed by atoms with Gasteiger partial charge >= 0.3 is 5.69 Å². The summed E-state index contributed by atoms with van der Waals surface area (Å²) < 4.78 is 27.7. The maximum atomic E-state index is 12.3. The van der Waals surface area contributed by atoms with E-state index in [0.717, 1.165) is 11.9 Å². The predicted octanol–water partition coefficient (Wildman–Crippen LogP) is 1.49. The Bertz CT molecular complexity index is 832. The summed E-state index contributed by atoms with van der Waals surface area (Å²) >= 11 is 0. The third-order valence-electron chi connectivity index (χ3n) is 4.41. The van der Waals surface area contributed by atoms with E-state index >= 15 is 0 Å². The van der Waals surface area contributed by atoms with Crippen molar-refractivity contribution in [2.24, 2.45) is 0 Å². The number of unbranched alkanes of at least 4 members (excludes halogenated alkanes) is 1. The molecule has 0 spiro atoms. The van der Waals surface area contributed by atoms with Crippen molar-refractivity contribution in [3.05, 3.63) is 28.8 Å². The first kappa shape index (κ1) is 16.2. The van der Waals surface area contributed by atoms with Crippen LogP contribution >= 0.6 is 0 Å². The van der Waals surface area contributed by atoms with Crippen molar-refractivity contribution in [2.75, 3.05) is 18.8 Å². The highest BCUT2D eigenvalue weighted by Gasteiger charge is 2.29. The standard InChI is InChI=1S/C15H22N4O3S/c1-2-3-11-23(21,22)18-9-6-12(7-10-18)19-14-13(17-15(19)20)5-4-8-16-14/h4-5,8,12H,2-3,6-7,9-11H2,1H3,(H,17,20). The first-order chi connectivity index (χ1) is 11.0. The Labute approximate surface area is 135 Å². The first-order valence-electron chi connectivity index (χ1n) is 8.06. The number of nitrogens with zero attached hydrogens (tertiary/aromatic N) is 3. The number of hydrogen-bond acceptors (Lipinski definition) is 4. The molecule has 0 bridgehead atoms. The minimum absolute atomic E-state index is 0.0104. The van der Waals surface area contributed by atoms with E-state index in [4.69, 9.17) is 0 Å². The fourth-order valence-electron chi connectivity index (χ4n) is 3.13. The quantitative estimate of drug-likeness (QED) is 0.894. The number of aromatic amines is 1. The van der Waals surface area contributed by atoms with E-state index in [1.807, 2.05) is 13.0 Å². The molecule has 3 heterocycles. The zero-order valence-electron chi connectivity index (χ0n) is 13.2. The summed E-state index contributed by atoms with van der Waals surface area (Å²) in [7, 11) is -3.17. The van der Waals surface area contributed by atoms with Gasteiger partial charge in [0.25, 0.3) is 0 Å². The molecule has 3 rings (SSSR count). The molecule has 0 atom stereocenters. The van der Waals surface area contributed by atoms with Crippen LogP contribution in [0.5, 0.6) is 0 Å². The van der Waals surface area contributed by atoms with E-state index < -0.39 is 10.0 Å². The van der Waals surface area contributed by atoms with E-state index in [1.165, 1.54) is 0 Å². The van der Waals surface area contributed by atoms with Crippen LogP contribution in [-0.2, 0) is 10.0 Å². The van der Waals surface area contributed by atoms with Crippen molar-refractivity contribution in [2.45, 2.75) is 38.6 Å². The average molecular weight is 338 g/mol. The minimum Gasteiger partial charge on any atom is -0.304 e. The van der Waals surface area contributed by atoms with E-state index in [-0.39, 0.29) is 17.5 Å². The smallest absolute Gasteiger partial charge is 0.304 e. The number of hydrogen-bond donors (Lipinski definition) is 1. The summed E-state index contributed by atoms with van der Waals surface area (Å²) in [5, 5.41) is 0. The number of H-pyrrole nitrogens is 1. The van der Waals surface area contributed by atoms with Gasteiger partial charge in [0.2, 0.25) is 10.0 Å². The zero-order valence-corrected chi connectivity index (χ0v) is 14.1. The van der Waals surface area contributed by atoms with Crippen LogP contribution in [0.1, 0.15) is 38.6 Å². The molecule has 8 heteroatoms. The SMILES string of the molecule is CCCCS(=O)(=O)N1CCC(n2c(=O)[nH]c3cccnc32)CC1. The van der Waals surface area contributed by atoms with Crippen LogP contribution in [0.25, 0.3) is 11.2 Å². The molecule has 0 radical (unpaired) electrons. The molecule has 2 aromatic heterocycles. The largest absolute Gasteiger partial charge is 0.327 e. The van der Waals surface area contributed by atoms with Gasteiger partial charge in [0.15, 0.2) is 5.65 Å². The molecule has 1 fully saturated rings. The van der Waals surface area contributed by atoms with Crippen LogP contribution < -0.4 is 5.69 Å². The normalized spacial score (nSPS) is 17.8. The molecule has 1 saturated heterocycles. The number of pyridine rings is 1. The van der Waals surface area contributed by atoms with Gasteiger partial charge in [-0.25, -0.2) is 22.5 Å². The van der Waals surface area contributed by atoms with Crippen LogP contribution in [0.4, 0.5) is 0 Å². The Morgan fingerprint density at radius 2 is 2.09 bits per heavy atom. The van der Waals surface area contributed by atoms with Crippen LogP contribution in [0.3, 0.4) is 0 Å². The molecule has 0 aliphatic carbocycles. The van der Waals surface area contributed by atoms with Gasteiger partial charge in [-0.05, 0) is 31.4 Å². The second-order valence-corrected chi connectivity index (χ2v) is 8.06. The van der Waals surface area contributed by atoms with Crippen molar-refractivity contribution >= 4 is 21.2 Å². The molecule has 0 unspecified atom stereocenters. The van der Waals surface area contributed by atoms with E-state index in [1.54, 1.807) is 21.1 Å². The summed E-state index contributed by atoms with van der Waals surface area (Å²) in [4.78, 5) is 19.3. The molecular weight excluding hydrogens is 316 g/mol. The lowest BCUT2D eigenvalue weighted by molar-refractivity contribution is 0.273. The molecule has 2 aromatic rings. The number of aromatic nitrogens is 3. The lowest BCUT2D eigenvalue weighted by atomic mass is 10.1. The monoisotopic (exact) mass is 338 g/mol. The molecule has 0 aromatic carbocycles.